The number of hydrogen-bond acceptors (Lipinski definition) is 6. The Labute approximate surface area is 126 Å². The van der Waals surface area contributed by atoms with E-state index < -0.39 is 22.7 Å². The molecule has 0 radical (unpaired) electrons. The van der Waals surface area contributed by atoms with E-state index in [1.54, 1.807) is 0 Å². The maximum absolute atomic E-state index is 13.3. The molecule has 0 amide bonds. The lowest BCUT2D eigenvalue weighted by Gasteiger charge is -2.12. The molecule has 2 rings (SSSR count). The van der Waals surface area contributed by atoms with Crippen molar-refractivity contribution in [3.63, 3.8) is 0 Å². The molecule has 1 aliphatic rings. The number of aliphatic hydroxyl groups is 1. The quantitative estimate of drug-likeness (QED) is 0.742. The fraction of sp³-hybridized carbons (Fsp3) is 0.500. The van der Waals surface area contributed by atoms with Crippen LogP contribution < -0.4 is 11.4 Å². The third-order valence-corrected chi connectivity index (χ3v) is 3.58. The Hall–Kier alpha value is -2.22. The highest BCUT2D eigenvalue weighted by atomic mass is 19.1. The topological polar surface area (TPSA) is 107 Å². The number of halogens is 1. The second-order valence-electron chi connectivity index (χ2n) is 5.34. The van der Waals surface area contributed by atoms with Gasteiger partial charge in [-0.05, 0) is 18.4 Å². The summed E-state index contributed by atoms with van der Waals surface area (Å²) in [6, 6.07) is 0. The molecular formula is C14H18FN3O4. The van der Waals surface area contributed by atoms with Crippen LogP contribution >= 0.6 is 0 Å². The number of nitrogens with zero attached hydrogens (tertiary/aromatic N) is 2. The second kappa shape index (κ2) is 6.27. The van der Waals surface area contributed by atoms with E-state index in [1.165, 1.54) is 6.20 Å². The summed E-state index contributed by atoms with van der Waals surface area (Å²) >= 11 is 0. The van der Waals surface area contributed by atoms with Crippen LogP contribution in [0.4, 0.5) is 10.2 Å². The molecule has 8 heteroatoms. The normalized spacial score (nSPS) is 21.9. The molecule has 1 unspecified atom stereocenters. The minimum atomic E-state index is -0.805. The average molecular weight is 311 g/mol. The summed E-state index contributed by atoms with van der Waals surface area (Å²) in [5.41, 5.74) is 4.49. The van der Waals surface area contributed by atoms with Crippen LogP contribution in [0.5, 0.6) is 0 Å². The predicted molar refractivity (Wildman–Crippen MR) is 77.1 cm³/mol. The summed E-state index contributed by atoms with van der Waals surface area (Å²) in [5, 5.41) is 9.49. The lowest BCUT2D eigenvalue weighted by molar-refractivity contribution is -0.145. The number of rotatable bonds is 6. The van der Waals surface area contributed by atoms with Gasteiger partial charge in [-0.15, -0.1) is 0 Å². The molecule has 7 nitrogen and oxygen atoms in total. The zero-order chi connectivity index (χ0) is 16.3. The zero-order valence-corrected chi connectivity index (χ0v) is 12.2. The Morgan fingerprint density at radius 2 is 2.41 bits per heavy atom. The largest absolute Gasteiger partial charge is 0.465 e. The Morgan fingerprint density at radius 1 is 1.68 bits per heavy atom. The van der Waals surface area contributed by atoms with Gasteiger partial charge in [0, 0.05) is 12.6 Å². The first-order chi connectivity index (χ1) is 10.4. The van der Waals surface area contributed by atoms with Crippen LogP contribution in [0.15, 0.2) is 16.6 Å². The maximum Gasteiger partial charge on any atom is 0.353 e. The number of carbonyl (C=O) groups is 1. The molecular weight excluding hydrogens is 293 g/mol. The van der Waals surface area contributed by atoms with Gasteiger partial charge < -0.3 is 15.6 Å². The first kappa shape index (κ1) is 16.2. The Morgan fingerprint density at radius 3 is 3.05 bits per heavy atom. The van der Waals surface area contributed by atoms with Crippen molar-refractivity contribution in [2.24, 2.45) is 5.41 Å². The smallest absolute Gasteiger partial charge is 0.353 e. The lowest BCUT2D eigenvalue weighted by atomic mass is 10.1. The molecule has 0 aromatic carbocycles. The van der Waals surface area contributed by atoms with Crippen LogP contribution in [0.1, 0.15) is 26.2 Å². The number of esters is 1. The number of aromatic nitrogens is 2. The first-order valence-electron chi connectivity index (χ1n) is 6.93. The van der Waals surface area contributed by atoms with Crippen molar-refractivity contribution < 1.29 is 19.0 Å². The molecule has 22 heavy (non-hydrogen) atoms. The molecule has 0 saturated heterocycles. The van der Waals surface area contributed by atoms with E-state index in [4.69, 9.17) is 10.5 Å². The standard InChI is InChI=1S/C14H18FN3O4/c1-2-3-11(20)22-8-14(7-19)4-9(14)5-18-6-10(15)12(16)17-13(18)21/h5-6,19H,2-4,7-8H2,1H3,(H2,16,17,21)/b9-5-. The average Bonchev–Trinajstić information content (AvgIpc) is 3.17. The van der Waals surface area contributed by atoms with E-state index in [2.05, 4.69) is 4.98 Å². The van der Waals surface area contributed by atoms with Crippen LogP contribution in [0.25, 0.3) is 6.20 Å². The molecule has 0 bridgehead atoms. The maximum atomic E-state index is 13.3. The third kappa shape index (κ3) is 3.33. The molecule has 0 aliphatic heterocycles. The molecule has 0 spiro atoms. The molecule has 1 aliphatic carbocycles. The van der Waals surface area contributed by atoms with E-state index in [0.29, 0.717) is 24.8 Å². The molecule has 1 saturated carbocycles. The van der Waals surface area contributed by atoms with E-state index in [0.717, 1.165) is 10.8 Å². The fourth-order valence-electron chi connectivity index (χ4n) is 2.06. The van der Waals surface area contributed by atoms with Gasteiger partial charge in [0.05, 0.1) is 18.2 Å². The van der Waals surface area contributed by atoms with E-state index >= 15 is 0 Å². The van der Waals surface area contributed by atoms with Crippen molar-refractivity contribution in [1.82, 2.24) is 9.55 Å². The van der Waals surface area contributed by atoms with Crippen molar-refractivity contribution in [2.45, 2.75) is 26.2 Å². The number of ether oxygens (including phenoxy) is 1. The molecule has 120 valence electrons. The summed E-state index contributed by atoms with van der Waals surface area (Å²) in [5.74, 6) is -1.60. The number of anilines is 1. The number of aliphatic hydroxyl groups excluding tert-OH is 1. The summed E-state index contributed by atoms with van der Waals surface area (Å²) in [4.78, 5) is 26.3. The molecule has 1 heterocycles. The van der Waals surface area contributed by atoms with Crippen molar-refractivity contribution in [3.8, 4) is 0 Å². The van der Waals surface area contributed by atoms with Crippen molar-refractivity contribution in [1.29, 1.82) is 0 Å². The van der Waals surface area contributed by atoms with Gasteiger partial charge >= 0.3 is 11.7 Å². The van der Waals surface area contributed by atoms with Gasteiger partial charge in [-0.2, -0.15) is 4.98 Å². The van der Waals surface area contributed by atoms with Gasteiger partial charge in [0.25, 0.3) is 0 Å². The fourth-order valence-corrected chi connectivity index (χ4v) is 2.06. The minimum absolute atomic E-state index is 0.0355. The van der Waals surface area contributed by atoms with E-state index in [-0.39, 0.29) is 19.2 Å². The highest BCUT2D eigenvalue weighted by Crippen LogP contribution is 2.52. The summed E-state index contributed by atoms with van der Waals surface area (Å²) in [6.07, 6.45) is 3.77. The van der Waals surface area contributed by atoms with Gasteiger partial charge in [-0.25, -0.2) is 9.18 Å². The number of nitrogen functional groups attached to an aromatic ring is 1. The van der Waals surface area contributed by atoms with Crippen molar-refractivity contribution in [3.05, 3.63) is 28.1 Å². The van der Waals surface area contributed by atoms with Crippen LogP contribution in [0.3, 0.4) is 0 Å². The molecule has 1 aromatic heterocycles. The summed E-state index contributed by atoms with van der Waals surface area (Å²) in [6.45, 7) is 1.67. The molecule has 1 aromatic rings. The van der Waals surface area contributed by atoms with Crippen LogP contribution in [-0.4, -0.2) is 33.8 Å². The Balaban J connectivity index is 2.12. The first-order valence-corrected chi connectivity index (χ1v) is 6.93. The Kier molecular flexibility index (Phi) is 4.60. The van der Waals surface area contributed by atoms with Gasteiger partial charge in [-0.3, -0.25) is 9.36 Å². The van der Waals surface area contributed by atoms with E-state index in [1.807, 2.05) is 6.92 Å². The molecule has 1 atom stereocenters. The van der Waals surface area contributed by atoms with Gasteiger partial charge in [0.2, 0.25) is 0 Å². The predicted octanol–water partition coefficient (Wildman–Crippen LogP) is 0.531. The van der Waals surface area contributed by atoms with Crippen LogP contribution in [0.2, 0.25) is 0 Å². The summed E-state index contributed by atoms with van der Waals surface area (Å²) in [7, 11) is 0. The number of nitrogens with two attached hydrogens (primary N) is 1. The molecule has 3 N–H and O–H groups in total. The van der Waals surface area contributed by atoms with Gasteiger partial charge in [0.1, 0.15) is 6.61 Å². The second-order valence-corrected chi connectivity index (χ2v) is 5.34. The SMILES string of the molecule is CCCC(=O)OCC1(CO)C/C1=C/n1cc(F)c(N)nc1=O. The van der Waals surface area contributed by atoms with Crippen molar-refractivity contribution >= 4 is 18.0 Å². The lowest BCUT2D eigenvalue weighted by Crippen LogP contribution is -2.22. The molecule has 1 fully saturated rings. The van der Waals surface area contributed by atoms with Crippen molar-refractivity contribution in [2.75, 3.05) is 18.9 Å². The third-order valence-electron chi connectivity index (χ3n) is 3.58. The highest BCUT2D eigenvalue weighted by Gasteiger charge is 2.49. The summed E-state index contributed by atoms with van der Waals surface area (Å²) < 4.78 is 19.4. The van der Waals surface area contributed by atoms with E-state index in [9.17, 15) is 19.1 Å². The Bertz CT molecular complexity index is 671. The number of carbonyl (C=O) groups excluding carboxylic acids is 1. The minimum Gasteiger partial charge on any atom is -0.465 e. The number of hydrogen-bond donors (Lipinski definition) is 2. The zero-order valence-electron chi connectivity index (χ0n) is 12.2. The highest BCUT2D eigenvalue weighted by molar-refractivity contribution is 5.69. The monoisotopic (exact) mass is 311 g/mol. The van der Waals surface area contributed by atoms with Crippen LogP contribution in [-0.2, 0) is 9.53 Å². The van der Waals surface area contributed by atoms with Gasteiger partial charge in [0.15, 0.2) is 11.6 Å². The van der Waals surface area contributed by atoms with Crippen LogP contribution in [0, 0.1) is 11.2 Å². The van der Waals surface area contributed by atoms with Gasteiger partial charge in [-0.1, -0.05) is 6.92 Å².